The van der Waals surface area contributed by atoms with Gasteiger partial charge in [-0.15, -0.1) is 0 Å². The lowest BCUT2D eigenvalue weighted by Crippen LogP contribution is -2.64. The van der Waals surface area contributed by atoms with Crippen LogP contribution in [0.15, 0.2) is 53.6 Å². The molecule has 2 fully saturated rings. The molecule has 0 saturated heterocycles. The second-order valence-electron chi connectivity index (χ2n) is 15.0. The first kappa shape index (κ1) is 38.8. The highest BCUT2D eigenvalue weighted by Crippen LogP contribution is 2.61. The van der Waals surface area contributed by atoms with E-state index >= 15 is 0 Å². The summed E-state index contributed by atoms with van der Waals surface area (Å²) in [5, 5.41) is 0. The fourth-order valence-electron chi connectivity index (χ4n) is 8.75. The van der Waals surface area contributed by atoms with E-state index in [-0.39, 0.29) is 24.8 Å². The van der Waals surface area contributed by atoms with E-state index in [0.29, 0.717) is 29.6 Å². The molecule has 0 aliphatic heterocycles. The predicted molar refractivity (Wildman–Crippen MR) is 184 cm³/mol. The van der Waals surface area contributed by atoms with Gasteiger partial charge in [-0.1, -0.05) is 57.7 Å². The highest BCUT2D eigenvalue weighted by Gasteiger charge is 2.64. The zero-order chi connectivity index (χ0) is 37.3. The summed E-state index contributed by atoms with van der Waals surface area (Å²) in [6.07, 6.45) is -3.60. The topological polar surface area (TPSA) is 135 Å². The third-order valence-electron chi connectivity index (χ3n) is 11.2. The molecule has 11 heteroatoms. The molecule has 1 aromatic rings. The van der Waals surface area contributed by atoms with Gasteiger partial charge in [-0.25, -0.2) is 0 Å². The molecule has 2 bridgehead atoms. The fourth-order valence-corrected chi connectivity index (χ4v) is 8.75. The molecule has 4 rings (SSSR count). The molecule has 1 aromatic carbocycles. The van der Waals surface area contributed by atoms with Crippen molar-refractivity contribution in [2.45, 2.75) is 118 Å². The first-order valence-corrected chi connectivity index (χ1v) is 17.3. The average molecular weight is 696 g/mol. The average Bonchev–Trinajstić information content (AvgIpc) is 3.00. The number of carbonyl (C=O) groups excluding carboxylic acids is 5. The molecule has 0 heterocycles. The molecular formula is C39H53NO10. The van der Waals surface area contributed by atoms with Gasteiger partial charge in [0.05, 0.1) is 11.8 Å². The van der Waals surface area contributed by atoms with Crippen LogP contribution in [-0.2, 0) is 47.7 Å². The van der Waals surface area contributed by atoms with Crippen LogP contribution in [0.25, 0.3) is 0 Å². The number of benzene rings is 1. The van der Waals surface area contributed by atoms with Crippen LogP contribution in [0.4, 0.5) is 0 Å². The number of rotatable bonds is 9. The van der Waals surface area contributed by atoms with Gasteiger partial charge in [-0.3, -0.25) is 24.0 Å². The Bertz CT molecular complexity index is 1530. The van der Waals surface area contributed by atoms with Crippen molar-refractivity contribution in [2.24, 2.45) is 22.7 Å². The van der Waals surface area contributed by atoms with Crippen molar-refractivity contribution in [2.75, 3.05) is 14.1 Å². The molecule has 9 atom stereocenters. The molecule has 0 radical (unpaired) electrons. The normalized spacial score (nSPS) is 30.9. The zero-order valence-electron chi connectivity index (χ0n) is 31.1. The van der Waals surface area contributed by atoms with Crippen LogP contribution in [0.3, 0.4) is 0 Å². The van der Waals surface area contributed by atoms with Crippen LogP contribution >= 0.6 is 0 Å². The van der Waals surface area contributed by atoms with Crippen molar-refractivity contribution in [3.05, 3.63) is 59.2 Å². The van der Waals surface area contributed by atoms with Gasteiger partial charge in [0.15, 0.2) is 12.2 Å². The third kappa shape index (κ3) is 7.82. The minimum Gasteiger partial charge on any atom is -0.462 e. The molecule has 3 aliphatic carbocycles. The first-order valence-electron chi connectivity index (χ1n) is 17.3. The van der Waals surface area contributed by atoms with Gasteiger partial charge in [-0.2, -0.15) is 0 Å². The molecule has 3 aliphatic rings. The molecule has 274 valence electrons. The highest BCUT2D eigenvalue weighted by atomic mass is 16.6. The summed E-state index contributed by atoms with van der Waals surface area (Å²) in [7, 11) is 3.80. The predicted octanol–water partition coefficient (Wildman–Crippen LogP) is 5.67. The molecule has 0 amide bonds. The number of fused-ring (bicyclic) bond motifs is 3. The van der Waals surface area contributed by atoms with Gasteiger partial charge >= 0.3 is 29.8 Å². The second-order valence-corrected chi connectivity index (χ2v) is 15.0. The van der Waals surface area contributed by atoms with E-state index in [4.69, 9.17) is 23.7 Å². The summed E-state index contributed by atoms with van der Waals surface area (Å²) >= 11 is 0. The third-order valence-corrected chi connectivity index (χ3v) is 11.2. The molecular weight excluding hydrogens is 642 g/mol. The van der Waals surface area contributed by atoms with Crippen molar-refractivity contribution >= 4 is 29.8 Å². The van der Waals surface area contributed by atoms with E-state index in [2.05, 4.69) is 6.58 Å². The Kier molecular flexibility index (Phi) is 11.7. The smallest absolute Gasteiger partial charge is 0.308 e. The maximum Gasteiger partial charge on any atom is 0.308 e. The van der Waals surface area contributed by atoms with Gasteiger partial charge in [0.25, 0.3) is 0 Å². The lowest BCUT2D eigenvalue weighted by Gasteiger charge is -2.59. The van der Waals surface area contributed by atoms with E-state index in [0.717, 1.165) is 5.56 Å². The van der Waals surface area contributed by atoms with Crippen LogP contribution < -0.4 is 0 Å². The lowest BCUT2D eigenvalue weighted by molar-refractivity contribution is -0.212. The number of hydrogen-bond acceptors (Lipinski definition) is 11. The molecule has 0 N–H and O–H groups in total. The number of esters is 5. The Morgan fingerprint density at radius 3 is 1.92 bits per heavy atom. The number of carbonyl (C=O) groups is 5. The summed E-state index contributed by atoms with van der Waals surface area (Å²) in [4.78, 5) is 66.5. The van der Waals surface area contributed by atoms with Gasteiger partial charge in [0, 0.05) is 40.2 Å². The highest BCUT2D eigenvalue weighted by molar-refractivity contribution is 5.71. The summed E-state index contributed by atoms with van der Waals surface area (Å²) < 4.78 is 30.4. The SMILES string of the molecule is C=C1C(OC(=O)CC(c2ccccc2)N(C)C)CC(OC(C)=O)[C@@]2(C)C(OC(C)=O)C(OC(C)=O)C3=C(C)C(OC(C)=O)C[C@@H](C[C@H]12)C3(C)C. The van der Waals surface area contributed by atoms with E-state index in [1.54, 1.807) is 0 Å². The second kappa shape index (κ2) is 15.1. The van der Waals surface area contributed by atoms with Crippen molar-refractivity contribution in [3.8, 4) is 0 Å². The quantitative estimate of drug-likeness (QED) is 0.180. The Morgan fingerprint density at radius 2 is 1.38 bits per heavy atom. The van der Waals surface area contributed by atoms with Crippen LogP contribution in [-0.4, -0.2) is 79.4 Å². The van der Waals surface area contributed by atoms with Crippen molar-refractivity contribution in [1.29, 1.82) is 0 Å². The van der Waals surface area contributed by atoms with Crippen molar-refractivity contribution in [3.63, 3.8) is 0 Å². The summed E-state index contributed by atoms with van der Waals surface area (Å²) in [5.41, 5.74) is 1.14. The minimum atomic E-state index is -1.18. The maximum absolute atomic E-state index is 13.7. The molecule has 6 unspecified atom stereocenters. The summed E-state index contributed by atoms with van der Waals surface area (Å²) in [5.74, 6) is -3.40. The first-order chi connectivity index (χ1) is 23.3. The molecule has 11 nitrogen and oxygen atoms in total. The van der Waals surface area contributed by atoms with E-state index in [1.165, 1.54) is 27.7 Å². The van der Waals surface area contributed by atoms with Gasteiger partial charge in [0.1, 0.15) is 18.3 Å². The number of ether oxygens (including phenoxy) is 5. The lowest BCUT2D eigenvalue weighted by atomic mass is 9.49. The van der Waals surface area contributed by atoms with E-state index < -0.39 is 77.1 Å². The van der Waals surface area contributed by atoms with Crippen LogP contribution in [0.2, 0.25) is 0 Å². The minimum absolute atomic E-state index is 0.0574. The van der Waals surface area contributed by atoms with Gasteiger partial charge < -0.3 is 28.6 Å². The van der Waals surface area contributed by atoms with Crippen LogP contribution in [0, 0.1) is 22.7 Å². The summed E-state index contributed by atoms with van der Waals surface area (Å²) in [6, 6.07) is 9.43. The molecule has 2 saturated carbocycles. The van der Waals surface area contributed by atoms with E-state index in [9.17, 15) is 24.0 Å². The fraction of sp³-hybridized carbons (Fsp3) is 0.615. The monoisotopic (exact) mass is 695 g/mol. The Balaban J connectivity index is 1.86. The number of hydrogen-bond donors (Lipinski definition) is 0. The number of nitrogens with zero attached hydrogens (tertiary/aromatic N) is 1. The van der Waals surface area contributed by atoms with Crippen molar-refractivity contribution in [1.82, 2.24) is 4.90 Å². The Morgan fingerprint density at radius 1 is 0.800 bits per heavy atom. The summed E-state index contributed by atoms with van der Waals surface area (Å²) in [6.45, 7) is 17.5. The molecule has 0 spiro atoms. The standard InChI is InChI=1S/C39H53NO10/c1-21-29-17-28-18-31(46-23(3)41)22(2)35(38(28,7)8)36(48-25(5)43)37(49-26(6)44)39(29,9)33(47-24(4)42)20-32(21)50-34(45)19-30(40(10)11)27-15-13-12-14-16-27/h12-16,28-33,36-37H,1,17-20H2,2-11H3/t28-,29-,30?,31?,32?,33?,36?,37?,39+/m1/s1. The Labute approximate surface area is 295 Å². The van der Waals surface area contributed by atoms with Crippen molar-refractivity contribution < 1.29 is 47.7 Å². The van der Waals surface area contributed by atoms with E-state index in [1.807, 2.05) is 77.0 Å². The van der Waals surface area contributed by atoms with Gasteiger partial charge in [-0.05, 0) is 73.4 Å². The van der Waals surface area contributed by atoms with Crippen LogP contribution in [0.1, 0.15) is 92.7 Å². The zero-order valence-corrected chi connectivity index (χ0v) is 31.1. The maximum atomic E-state index is 13.7. The Hall–Kier alpha value is -3.99. The largest absolute Gasteiger partial charge is 0.462 e. The molecule has 0 aromatic heterocycles. The van der Waals surface area contributed by atoms with Gasteiger partial charge in [0.2, 0.25) is 0 Å². The van der Waals surface area contributed by atoms with Crippen LogP contribution in [0.5, 0.6) is 0 Å². The molecule has 50 heavy (non-hydrogen) atoms.